The molecule has 138 valence electrons. The number of amides is 1. The predicted molar refractivity (Wildman–Crippen MR) is 109 cm³/mol. The van der Waals surface area contributed by atoms with Gasteiger partial charge in [-0.1, -0.05) is 24.3 Å². The maximum Gasteiger partial charge on any atom is 0.239 e. The van der Waals surface area contributed by atoms with Crippen molar-refractivity contribution in [1.29, 1.82) is 0 Å². The predicted octanol–water partition coefficient (Wildman–Crippen LogP) is 2.64. The smallest absolute Gasteiger partial charge is 0.239 e. The van der Waals surface area contributed by atoms with Crippen molar-refractivity contribution in [2.24, 2.45) is 0 Å². The number of carbonyl (C=O) groups excluding carboxylic acids is 1. The van der Waals surface area contributed by atoms with Gasteiger partial charge in [0, 0.05) is 17.3 Å². The number of halogens is 1. The van der Waals surface area contributed by atoms with E-state index in [-0.39, 0.29) is 30.3 Å². The molecule has 0 aliphatic heterocycles. The number of hydrogen-bond acceptors (Lipinski definition) is 3. The molecule has 0 saturated heterocycles. The minimum absolute atomic E-state index is 0. The number of nitrogens with zero attached hydrogens (tertiary/aromatic N) is 2. The van der Waals surface area contributed by atoms with Gasteiger partial charge in [-0.05, 0) is 51.3 Å². The van der Waals surface area contributed by atoms with E-state index in [1.807, 2.05) is 67.2 Å². The molecule has 0 bridgehead atoms. The molecule has 1 heterocycles. The molecule has 1 N–H and O–H groups in total. The zero-order valence-electron chi connectivity index (χ0n) is 15.1. The molecule has 0 saturated carbocycles. The molecule has 0 aliphatic rings. The molecule has 5 nitrogen and oxygen atoms in total. The van der Waals surface area contributed by atoms with Gasteiger partial charge in [0.05, 0.1) is 11.0 Å². The second kappa shape index (κ2) is 8.83. The lowest BCUT2D eigenvalue weighted by Crippen LogP contribution is -2.30. The highest BCUT2D eigenvalue weighted by atomic mass is 35.5. The maximum atomic E-state index is 12.7. The Labute approximate surface area is 159 Å². The van der Waals surface area contributed by atoms with Crippen LogP contribution >= 0.6 is 12.4 Å². The van der Waals surface area contributed by atoms with E-state index in [1.165, 1.54) is 0 Å². The highest BCUT2D eigenvalue weighted by molar-refractivity contribution is 5.94. The standard InChI is InChI=1S/C20H23N3O2.ClH/c1-22(2)13-7-12-21-19(24)14-23-17-10-5-3-8-15(17)20(25)16-9-4-6-11-18(16)23;/h3-6,8-11H,7,12-14H2,1-2H3,(H,21,24);1H. The first kappa shape index (κ1) is 19.9. The van der Waals surface area contributed by atoms with Crippen molar-refractivity contribution in [3.8, 4) is 0 Å². The minimum Gasteiger partial charge on any atom is -0.355 e. The molecule has 0 aliphatic carbocycles. The highest BCUT2D eigenvalue weighted by Crippen LogP contribution is 2.18. The minimum atomic E-state index is -0.0438. The van der Waals surface area contributed by atoms with E-state index in [4.69, 9.17) is 0 Å². The molecule has 1 amide bonds. The van der Waals surface area contributed by atoms with Gasteiger partial charge in [0.1, 0.15) is 6.54 Å². The third kappa shape index (κ3) is 4.23. The molecule has 3 aromatic rings. The summed E-state index contributed by atoms with van der Waals surface area (Å²) in [5.41, 5.74) is 1.58. The number of fused-ring (bicyclic) bond motifs is 2. The molecule has 2 aromatic carbocycles. The maximum absolute atomic E-state index is 12.7. The number of para-hydroxylation sites is 2. The van der Waals surface area contributed by atoms with Crippen LogP contribution in [-0.4, -0.2) is 42.6 Å². The van der Waals surface area contributed by atoms with Gasteiger partial charge in [-0.3, -0.25) is 9.59 Å². The molecular weight excluding hydrogens is 350 g/mol. The van der Waals surface area contributed by atoms with Gasteiger partial charge >= 0.3 is 0 Å². The topological polar surface area (TPSA) is 54.3 Å². The quantitative estimate of drug-likeness (QED) is 0.534. The number of benzene rings is 2. The Hall–Kier alpha value is -2.37. The van der Waals surface area contributed by atoms with Gasteiger partial charge < -0.3 is 14.8 Å². The molecule has 6 heteroatoms. The van der Waals surface area contributed by atoms with Crippen molar-refractivity contribution in [3.63, 3.8) is 0 Å². The summed E-state index contributed by atoms with van der Waals surface area (Å²) in [6, 6.07) is 14.9. The second-order valence-corrected chi connectivity index (χ2v) is 6.46. The van der Waals surface area contributed by atoms with Gasteiger partial charge in [-0.2, -0.15) is 0 Å². The van der Waals surface area contributed by atoms with Crippen molar-refractivity contribution in [2.45, 2.75) is 13.0 Å². The SMILES string of the molecule is CN(C)CCCNC(=O)Cn1c2ccccc2c(=O)c2ccccc21.Cl. The molecule has 0 atom stereocenters. The van der Waals surface area contributed by atoms with E-state index in [0.717, 1.165) is 24.0 Å². The second-order valence-electron chi connectivity index (χ2n) is 6.46. The number of carbonyl (C=O) groups is 1. The third-order valence-electron chi connectivity index (χ3n) is 4.28. The van der Waals surface area contributed by atoms with Crippen LogP contribution < -0.4 is 10.7 Å². The van der Waals surface area contributed by atoms with Crippen molar-refractivity contribution in [1.82, 2.24) is 14.8 Å². The Balaban J connectivity index is 0.00000243. The molecule has 0 fully saturated rings. The fraction of sp³-hybridized carbons (Fsp3) is 0.300. The molecule has 0 spiro atoms. The van der Waals surface area contributed by atoms with Gasteiger partial charge in [-0.15, -0.1) is 12.4 Å². The van der Waals surface area contributed by atoms with Gasteiger partial charge in [0.25, 0.3) is 0 Å². The lowest BCUT2D eigenvalue weighted by Gasteiger charge is -2.15. The number of nitrogens with one attached hydrogen (secondary N) is 1. The zero-order chi connectivity index (χ0) is 17.8. The molecule has 3 rings (SSSR count). The third-order valence-corrected chi connectivity index (χ3v) is 4.28. The fourth-order valence-electron chi connectivity index (χ4n) is 3.07. The Bertz CT molecular complexity index is 906. The summed E-state index contributed by atoms with van der Waals surface area (Å²) in [5, 5.41) is 4.25. The first-order chi connectivity index (χ1) is 12.1. The summed E-state index contributed by atoms with van der Waals surface area (Å²) in [5.74, 6) is -0.0438. The Morgan fingerprint density at radius 2 is 1.54 bits per heavy atom. The lowest BCUT2D eigenvalue weighted by molar-refractivity contribution is -0.121. The first-order valence-corrected chi connectivity index (χ1v) is 8.49. The van der Waals surface area contributed by atoms with Crippen molar-refractivity contribution < 1.29 is 4.79 Å². The van der Waals surface area contributed by atoms with Crippen LogP contribution in [0.25, 0.3) is 21.8 Å². The summed E-state index contributed by atoms with van der Waals surface area (Å²) in [6.45, 7) is 1.78. The van der Waals surface area contributed by atoms with Gasteiger partial charge in [0.15, 0.2) is 5.43 Å². The molecule has 0 unspecified atom stereocenters. The van der Waals surface area contributed by atoms with Gasteiger partial charge in [-0.25, -0.2) is 0 Å². The largest absolute Gasteiger partial charge is 0.355 e. The normalized spacial score (nSPS) is 10.9. The molecule has 1 aromatic heterocycles. The summed E-state index contributed by atoms with van der Waals surface area (Å²) in [6.07, 6.45) is 0.907. The number of aromatic nitrogens is 1. The Morgan fingerprint density at radius 1 is 1.00 bits per heavy atom. The number of rotatable bonds is 6. The average Bonchev–Trinajstić information content (AvgIpc) is 2.62. The summed E-state index contributed by atoms with van der Waals surface area (Å²) >= 11 is 0. The number of hydrogen-bond donors (Lipinski definition) is 1. The van der Waals surface area contributed by atoms with E-state index >= 15 is 0 Å². The van der Waals surface area contributed by atoms with E-state index in [2.05, 4.69) is 10.2 Å². The van der Waals surface area contributed by atoms with Crippen LogP contribution in [-0.2, 0) is 11.3 Å². The van der Waals surface area contributed by atoms with Gasteiger partial charge in [0.2, 0.25) is 5.91 Å². The van der Waals surface area contributed by atoms with Crippen LogP contribution in [0.4, 0.5) is 0 Å². The number of pyridine rings is 1. The summed E-state index contributed by atoms with van der Waals surface area (Å²) in [7, 11) is 4.03. The fourth-order valence-corrected chi connectivity index (χ4v) is 3.07. The van der Waals surface area contributed by atoms with Crippen molar-refractivity contribution in [2.75, 3.05) is 27.2 Å². The van der Waals surface area contributed by atoms with Crippen LogP contribution in [0.5, 0.6) is 0 Å². The first-order valence-electron chi connectivity index (χ1n) is 8.49. The van der Waals surface area contributed by atoms with Crippen LogP contribution in [0.2, 0.25) is 0 Å². The molecular formula is C20H24ClN3O2. The average molecular weight is 374 g/mol. The van der Waals surface area contributed by atoms with Crippen LogP contribution in [0.15, 0.2) is 53.3 Å². The lowest BCUT2D eigenvalue weighted by atomic mass is 10.1. The molecule has 0 radical (unpaired) electrons. The van der Waals surface area contributed by atoms with E-state index < -0.39 is 0 Å². The van der Waals surface area contributed by atoms with Crippen molar-refractivity contribution >= 4 is 40.1 Å². The molecule has 26 heavy (non-hydrogen) atoms. The Morgan fingerprint density at radius 3 is 2.08 bits per heavy atom. The van der Waals surface area contributed by atoms with E-state index in [1.54, 1.807) is 0 Å². The van der Waals surface area contributed by atoms with Crippen molar-refractivity contribution in [3.05, 3.63) is 58.8 Å². The van der Waals surface area contributed by atoms with E-state index in [9.17, 15) is 9.59 Å². The van der Waals surface area contributed by atoms with E-state index in [0.29, 0.717) is 17.3 Å². The summed E-state index contributed by atoms with van der Waals surface area (Å²) < 4.78 is 1.92. The van der Waals surface area contributed by atoms with Crippen LogP contribution in [0.1, 0.15) is 6.42 Å². The monoisotopic (exact) mass is 373 g/mol. The highest BCUT2D eigenvalue weighted by Gasteiger charge is 2.12. The van der Waals surface area contributed by atoms with Crippen LogP contribution in [0, 0.1) is 0 Å². The zero-order valence-corrected chi connectivity index (χ0v) is 15.9. The summed E-state index contributed by atoms with van der Waals surface area (Å²) in [4.78, 5) is 27.2. The van der Waals surface area contributed by atoms with Crippen LogP contribution in [0.3, 0.4) is 0 Å². The Kier molecular flexibility index (Phi) is 6.77.